The number of nitrogens with zero attached hydrogens (tertiary/aromatic N) is 3. The molecule has 3 nitrogen and oxygen atoms in total. The van der Waals surface area contributed by atoms with Gasteiger partial charge in [0.1, 0.15) is 5.69 Å². The Morgan fingerprint density at radius 1 is 1.12 bits per heavy atom. The highest BCUT2D eigenvalue weighted by Crippen LogP contribution is 2.29. The van der Waals surface area contributed by atoms with Gasteiger partial charge in [-0.3, -0.25) is 9.55 Å². The molecule has 0 bridgehead atoms. The van der Waals surface area contributed by atoms with Crippen LogP contribution in [0.15, 0.2) is 67.4 Å². The van der Waals surface area contributed by atoms with Crippen LogP contribution in [-0.2, 0) is 0 Å². The smallest absolute Gasteiger partial charge is 0.163 e. The number of allylic oxidation sites excluding steroid dienone is 3. The minimum atomic E-state index is 0.420. The summed E-state index contributed by atoms with van der Waals surface area (Å²) in [6.07, 6.45) is 5.75. The lowest BCUT2D eigenvalue weighted by Gasteiger charge is -2.15. The molecule has 3 aromatic rings. The van der Waals surface area contributed by atoms with E-state index in [-0.39, 0.29) is 0 Å². The molecule has 0 aliphatic carbocycles. The first-order valence-electron chi connectivity index (χ1n) is 8.93. The lowest BCUT2D eigenvalue weighted by Crippen LogP contribution is -2.02. The van der Waals surface area contributed by atoms with Crippen LogP contribution in [0.4, 0.5) is 0 Å². The summed E-state index contributed by atoms with van der Waals surface area (Å²) in [6.45, 7) is 12.4. The van der Waals surface area contributed by atoms with Crippen LogP contribution in [0.5, 0.6) is 0 Å². The molecule has 0 aliphatic rings. The number of hydrogen-bond acceptors (Lipinski definition) is 2. The van der Waals surface area contributed by atoms with Gasteiger partial charge in [0.15, 0.2) is 5.82 Å². The number of benzene rings is 1. The summed E-state index contributed by atoms with van der Waals surface area (Å²) < 4.78 is 2.19. The quantitative estimate of drug-likeness (QED) is 0.550. The molecule has 0 amide bonds. The van der Waals surface area contributed by atoms with E-state index >= 15 is 0 Å². The van der Waals surface area contributed by atoms with Crippen LogP contribution >= 0.6 is 0 Å². The molecule has 3 heteroatoms. The molecule has 0 radical (unpaired) electrons. The van der Waals surface area contributed by atoms with Crippen molar-refractivity contribution in [3.8, 4) is 17.2 Å². The Hall–Kier alpha value is -2.94. The number of pyridine rings is 1. The monoisotopic (exact) mass is 343 g/mol. The fourth-order valence-electron chi connectivity index (χ4n) is 3.17. The number of imidazole rings is 1. The molecule has 3 rings (SSSR count). The Balaban J connectivity index is 2.18. The zero-order valence-electron chi connectivity index (χ0n) is 15.9. The van der Waals surface area contributed by atoms with Crippen LogP contribution in [-0.4, -0.2) is 14.5 Å². The van der Waals surface area contributed by atoms with Gasteiger partial charge in [-0.1, -0.05) is 50.8 Å². The Morgan fingerprint density at radius 3 is 2.58 bits per heavy atom. The minimum absolute atomic E-state index is 0.420. The van der Waals surface area contributed by atoms with Gasteiger partial charge < -0.3 is 0 Å². The lowest BCUT2D eigenvalue weighted by molar-refractivity contribution is 0.855. The van der Waals surface area contributed by atoms with Gasteiger partial charge in [-0.15, -0.1) is 0 Å². The van der Waals surface area contributed by atoms with E-state index < -0.39 is 0 Å². The average molecular weight is 343 g/mol. The average Bonchev–Trinajstić information content (AvgIpc) is 2.95. The van der Waals surface area contributed by atoms with E-state index in [2.05, 4.69) is 67.2 Å². The van der Waals surface area contributed by atoms with Gasteiger partial charge in [0, 0.05) is 17.6 Å². The second kappa shape index (κ2) is 7.52. The summed E-state index contributed by atoms with van der Waals surface area (Å²) in [7, 11) is 0. The van der Waals surface area contributed by atoms with Crippen molar-refractivity contribution < 1.29 is 0 Å². The Morgan fingerprint density at radius 2 is 1.92 bits per heavy atom. The molecule has 0 unspecified atom stereocenters. The van der Waals surface area contributed by atoms with Crippen molar-refractivity contribution >= 4 is 5.57 Å². The van der Waals surface area contributed by atoms with Crippen LogP contribution in [0, 0.1) is 19.8 Å². The van der Waals surface area contributed by atoms with Gasteiger partial charge in [-0.05, 0) is 55.2 Å². The maximum Gasteiger partial charge on any atom is 0.163 e. The van der Waals surface area contributed by atoms with Gasteiger partial charge in [-0.25, -0.2) is 4.98 Å². The van der Waals surface area contributed by atoms with Gasteiger partial charge in [0.05, 0.1) is 5.69 Å². The molecule has 0 N–H and O–H groups in total. The summed E-state index contributed by atoms with van der Waals surface area (Å²) in [6, 6.07) is 14.5. The van der Waals surface area contributed by atoms with Crippen molar-refractivity contribution in [3.05, 3.63) is 84.3 Å². The van der Waals surface area contributed by atoms with Crippen LogP contribution in [0.25, 0.3) is 22.8 Å². The minimum Gasteiger partial charge on any atom is -0.295 e. The number of aromatic nitrogens is 3. The fourth-order valence-corrected chi connectivity index (χ4v) is 3.17. The molecule has 132 valence electrons. The van der Waals surface area contributed by atoms with Gasteiger partial charge in [0.2, 0.25) is 0 Å². The largest absolute Gasteiger partial charge is 0.295 e. The molecule has 0 aliphatic heterocycles. The molecule has 0 saturated heterocycles. The van der Waals surface area contributed by atoms with Crippen molar-refractivity contribution in [3.63, 3.8) is 0 Å². The molecular weight excluding hydrogens is 318 g/mol. The van der Waals surface area contributed by atoms with Gasteiger partial charge in [0.25, 0.3) is 0 Å². The standard InChI is InChI=1S/C23H25N3/c1-6-10-21(16(2)3)19-11-9-12-20(15-19)26-18(5)17(4)25-23(26)22-13-7-8-14-24-22/h6-16H,1H2,2-5H3/b21-10+. The Kier molecular flexibility index (Phi) is 5.17. The van der Waals surface area contributed by atoms with E-state index in [4.69, 9.17) is 4.98 Å². The highest BCUT2D eigenvalue weighted by Gasteiger charge is 2.16. The van der Waals surface area contributed by atoms with Crippen LogP contribution in [0.2, 0.25) is 0 Å². The molecule has 0 atom stereocenters. The zero-order chi connectivity index (χ0) is 18.7. The predicted octanol–water partition coefficient (Wildman–Crippen LogP) is 5.78. The van der Waals surface area contributed by atoms with E-state index in [0.29, 0.717) is 5.92 Å². The first kappa shape index (κ1) is 17.9. The number of rotatable bonds is 5. The number of hydrogen-bond donors (Lipinski definition) is 0. The summed E-state index contributed by atoms with van der Waals surface area (Å²) in [5.41, 5.74) is 6.59. The lowest BCUT2D eigenvalue weighted by atomic mass is 9.94. The van der Waals surface area contributed by atoms with E-state index in [0.717, 1.165) is 28.6 Å². The molecule has 1 aromatic carbocycles. The SMILES string of the molecule is C=C/C=C(/c1cccc(-n2c(-c3ccccn3)nc(C)c2C)c1)C(C)C. The zero-order valence-corrected chi connectivity index (χ0v) is 15.9. The molecule has 0 fully saturated rings. The molecular formula is C23H25N3. The molecule has 0 saturated carbocycles. The van der Waals surface area contributed by atoms with Crippen LogP contribution in [0.3, 0.4) is 0 Å². The van der Waals surface area contributed by atoms with Gasteiger partial charge >= 0.3 is 0 Å². The van der Waals surface area contributed by atoms with Crippen molar-refractivity contribution in [1.29, 1.82) is 0 Å². The van der Waals surface area contributed by atoms with Crippen molar-refractivity contribution in [2.45, 2.75) is 27.7 Å². The Labute approximate surface area is 155 Å². The fraction of sp³-hybridized carbons (Fsp3) is 0.217. The third-order valence-corrected chi connectivity index (χ3v) is 4.60. The normalized spacial score (nSPS) is 11.8. The first-order chi connectivity index (χ1) is 12.5. The van der Waals surface area contributed by atoms with Crippen molar-refractivity contribution in [1.82, 2.24) is 14.5 Å². The maximum atomic E-state index is 4.77. The van der Waals surface area contributed by atoms with E-state index in [1.165, 1.54) is 11.1 Å². The summed E-state index contributed by atoms with van der Waals surface area (Å²) >= 11 is 0. The highest BCUT2D eigenvalue weighted by molar-refractivity contribution is 5.70. The van der Waals surface area contributed by atoms with Crippen molar-refractivity contribution in [2.24, 2.45) is 5.92 Å². The van der Waals surface area contributed by atoms with E-state index in [9.17, 15) is 0 Å². The molecule has 2 aromatic heterocycles. The second-order valence-corrected chi connectivity index (χ2v) is 6.72. The van der Waals surface area contributed by atoms with Gasteiger partial charge in [-0.2, -0.15) is 0 Å². The predicted molar refractivity (Wildman–Crippen MR) is 109 cm³/mol. The highest BCUT2D eigenvalue weighted by atomic mass is 15.1. The third kappa shape index (κ3) is 3.38. The molecule has 26 heavy (non-hydrogen) atoms. The topological polar surface area (TPSA) is 30.7 Å². The maximum absolute atomic E-state index is 4.77. The Bertz CT molecular complexity index is 947. The summed E-state index contributed by atoms with van der Waals surface area (Å²) in [5, 5.41) is 0. The van der Waals surface area contributed by atoms with E-state index in [1.807, 2.05) is 31.2 Å². The van der Waals surface area contributed by atoms with Crippen LogP contribution in [0.1, 0.15) is 30.8 Å². The molecule has 2 heterocycles. The third-order valence-electron chi connectivity index (χ3n) is 4.60. The van der Waals surface area contributed by atoms with Crippen molar-refractivity contribution in [2.75, 3.05) is 0 Å². The molecule has 0 spiro atoms. The summed E-state index contributed by atoms with van der Waals surface area (Å²) in [4.78, 5) is 9.27. The summed E-state index contributed by atoms with van der Waals surface area (Å²) in [5.74, 6) is 1.29. The van der Waals surface area contributed by atoms with Crippen LogP contribution < -0.4 is 0 Å². The number of aryl methyl sites for hydroxylation is 1. The second-order valence-electron chi connectivity index (χ2n) is 6.72. The first-order valence-corrected chi connectivity index (χ1v) is 8.93. The van der Waals surface area contributed by atoms with E-state index in [1.54, 1.807) is 6.20 Å².